The van der Waals surface area contributed by atoms with Gasteiger partial charge in [-0.3, -0.25) is 4.79 Å². The highest BCUT2D eigenvalue weighted by Gasteiger charge is 2.08. The Morgan fingerprint density at radius 3 is 2.43 bits per heavy atom. The van der Waals surface area contributed by atoms with Crippen molar-refractivity contribution in [2.24, 2.45) is 0 Å². The van der Waals surface area contributed by atoms with E-state index < -0.39 is 5.97 Å². The Morgan fingerprint density at radius 1 is 1.19 bits per heavy atom. The summed E-state index contributed by atoms with van der Waals surface area (Å²) in [6.45, 7) is 2.11. The molecule has 0 fully saturated rings. The lowest BCUT2D eigenvalue weighted by molar-refractivity contribution is -0.136. The fourth-order valence-corrected chi connectivity index (χ4v) is 2.83. The van der Waals surface area contributed by atoms with E-state index in [1.165, 1.54) is 5.56 Å². The fourth-order valence-electron chi connectivity index (χ4n) is 1.97. The van der Waals surface area contributed by atoms with Crippen molar-refractivity contribution in [1.82, 2.24) is 0 Å². The summed E-state index contributed by atoms with van der Waals surface area (Å²) in [6.07, 6.45) is 0.881. The van der Waals surface area contributed by atoms with Gasteiger partial charge in [0.15, 0.2) is 0 Å². The van der Waals surface area contributed by atoms with Crippen molar-refractivity contribution in [3.8, 4) is 6.07 Å². The Bertz CT molecular complexity index is 687. The molecule has 0 saturated heterocycles. The van der Waals surface area contributed by atoms with Crippen LogP contribution in [-0.4, -0.2) is 11.1 Å². The molecule has 0 aliphatic rings. The predicted octanol–water partition coefficient (Wildman–Crippen LogP) is 3.90. The molecular formula is C17H15NO2S. The molecule has 21 heavy (non-hydrogen) atoms. The first kappa shape index (κ1) is 15.1. The lowest BCUT2D eigenvalue weighted by Crippen LogP contribution is -2.02. The average molecular weight is 297 g/mol. The SMILES string of the molecule is CCc1ccc(Sc2ccc(CC(=O)O)c(C#N)c2)cc1. The molecule has 0 radical (unpaired) electrons. The number of hydrogen-bond donors (Lipinski definition) is 1. The maximum atomic E-state index is 10.8. The average Bonchev–Trinajstić information content (AvgIpc) is 2.49. The molecule has 0 aromatic heterocycles. The van der Waals surface area contributed by atoms with Gasteiger partial charge in [-0.05, 0) is 41.8 Å². The van der Waals surface area contributed by atoms with E-state index in [4.69, 9.17) is 10.4 Å². The van der Waals surface area contributed by atoms with Gasteiger partial charge in [-0.2, -0.15) is 5.26 Å². The summed E-state index contributed by atoms with van der Waals surface area (Å²) >= 11 is 1.57. The molecule has 0 saturated carbocycles. The van der Waals surface area contributed by atoms with Crippen molar-refractivity contribution in [2.45, 2.75) is 29.6 Å². The van der Waals surface area contributed by atoms with Gasteiger partial charge in [0, 0.05) is 9.79 Å². The number of aliphatic carboxylic acids is 1. The van der Waals surface area contributed by atoms with E-state index in [9.17, 15) is 4.79 Å². The second-order valence-electron chi connectivity index (χ2n) is 4.60. The minimum atomic E-state index is -0.929. The van der Waals surface area contributed by atoms with Crippen LogP contribution in [-0.2, 0) is 17.6 Å². The molecular weight excluding hydrogens is 282 g/mol. The first-order valence-corrected chi connectivity index (χ1v) is 7.45. The highest BCUT2D eigenvalue weighted by Crippen LogP contribution is 2.29. The molecule has 0 heterocycles. The van der Waals surface area contributed by atoms with Crippen LogP contribution in [0.3, 0.4) is 0 Å². The van der Waals surface area contributed by atoms with E-state index in [1.54, 1.807) is 23.9 Å². The van der Waals surface area contributed by atoms with E-state index in [-0.39, 0.29) is 6.42 Å². The van der Waals surface area contributed by atoms with Crippen LogP contribution in [0.4, 0.5) is 0 Å². The molecule has 4 heteroatoms. The topological polar surface area (TPSA) is 61.1 Å². The third-order valence-corrected chi connectivity index (χ3v) is 4.11. The molecule has 1 N–H and O–H groups in total. The predicted molar refractivity (Wildman–Crippen MR) is 82.4 cm³/mol. The molecule has 0 amide bonds. The van der Waals surface area contributed by atoms with Crippen molar-refractivity contribution in [3.05, 3.63) is 59.2 Å². The molecule has 106 valence electrons. The van der Waals surface area contributed by atoms with Crippen LogP contribution < -0.4 is 0 Å². The summed E-state index contributed by atoms with van der Waals surface area (Å²) in [4.78, 5) is 12.8. The Kier molecular flexibility index (Phi) is 5.02. The van der Waals surface area contributed by atoms with Gasteiger partial charge in [0.1, 0.15) is 0 Å². The number of carboxylic acid groups (broad SMARTS) is 1. The van der Waals surface area contributed by atoms with E-state index in [0.717, 1.165) is 16.2 Å². The van der Waals surface area contributed by atoms with Crippen molar-refractivity contribution in [2.75, 3.05) is 0 Å². The van der Waals surface area contributed by atoms with Gasteiger partial charge < -0.3 is 5.11 Å². The van der Waals surface area contributed by atoms with E-state index in [1.807, 2.05) is 6.07 Å². The second-order valence-corrected chi connectivity index (χ2v) is 5.75. The van der Waals surface area contributed by atoms with E-state index in [0.29, 0.717) is 11.1 Å². The molecule has 2 aromatic carbocycles. The van der Waals surface area contributed by atoms with Crippen LogP contribution in [0.2, 0.25) is 0 Å². The molecule has 0 spiro atoms. The number of nitriles is 1. The Labute approximate surface area is 128 Å². The number of aryl methyl sites for hydroxylation is 1. The van der Waals surface area contributed by atoms with E-state index in [2.05, 4.69) is 37.3 Å². The third-order valence-electron chi connectivity index (χ3n) is 3.11. The second kappa shape index (κ2) is 6.96. The molecule has 0 aliphatic heterocycles. The zero-order valence-electron chi connectivity index (χ0n) is 11.7. The van der Waals surface area contributed by atoms with Crippen molar-refractivity contribution < 1.29 is 9.90 Å². The Morgan fingerprint density at radius 2 is 1.86 bits per heavy atom. The number of rotatable bonds is 5. The van der Waals surface area contributed by atoms with Gasteiger partial charge in [-0.1, -0.05) is 36.9 Å². The van der Waals surface area contributed by atoms with Crippen molar-refractivity contribution >= 4 is 17.7 Å². The van der Waals surface area contributed by atoms with Gasteiger partial charge >= 0.3 is 5.97 Å². The summed E-state index contributed by atoms with van der Waals surface area (Å²) in [7, 11) is 0. The fraction of sp³-hybridized carbons (Fsp3) is 0.176. The van der Waals surface area contributed by atoms with Gasteiger partial charge in [0.2, 0.25) is 0 Å². The molecule has 0 bridgehead atoms. The van der Waals surface area contributed by atoms with Gasteiger partial charge in [0.05, 0.1) is 18.1 Å². The summed E-state index contributed by atoms with van der Waals surface area (Å²) in [5.41, 5.74) is 2.26. The zero-order chi connectivity index (χ0) is 15.2. The number of hydrogen-bond acceptors (Lipinski definition) is 3. The smallest absolute Gasteiger partial charge is 0.307 e. The maximum Gasteiger partial charge on any atom is 0.307 e. The summed E-state index contributed by atoms with van der Waals surface area (Å²) in [5.74, 6) is -0.929. The van der Waals surface area contributed by atoms with Crippen molar-refractivity contribution in [1.29, 1.82) is 5.26 Å². The normalized spacial score (nSPS) is 10.1. The minimum Gasteiger partial charge on any atom is -0.481 e. The third kappa shape index (κ3) is 4.11. The zero-order valence-corrected chi connectivity index (χ0v) is 12.5. The lowest BCUT2D eigenvalue weighted by atomic mass is 10.1. The Hall–Kier alpha value is -2.25. The van der Waals surface area contributed by atoms with Crippen LogP contribution in [0.25, 0.3) is 0 Å². The molecule has 3 nitrogen and oxygen atoms in total. The summed E-state index contributed by atoms with van der Waals surface area (Å²) in [6, 6.07) is 15.7. The first-order chi connectivity index (χ1) is 10.1. The van der Waals surface area contributed by atoms with Crippen LogP contribution in [0, 0.1) is 11.3 Å². The van der Waals surface area contributed by atoms with Crippen LogP contribution >= 0.6 is 11.8 Å². The number of carboxylic acids is 1. The summed E-state index contributed by atoms with van der Waals surface area (Å²) in [5, 5.41) is 18.0. The standard InChI is InChI=1S/C17H15NO2S/c1-2-12-3-6-15(7-4-12)21-16-8-5-13(10-17(19)20)14(9-16)11-18/h3-9H,2,10H2,1H3,(H,19,20). The molecule has 0 atom stereocenters. The van der Waals surface area contributed by atoms with Gasteiger partial charge in [-0.25, -0.2) is 0 Å². The van der Waals surface area contributed by atoms with Gasteiger partial charge in [0.25, 0.3) is 0 Å². The number of nitrogens with zero attached hydrogens (tertiary/aromatic N) is 1. The highest BCUT2D eigenvalue weighted by molar-refractivity contribution is 7.99. The monoisotopic (exact) mass is 297 g/mol. The number of benzene rings is 2. The number of carbonyl (C=O) groups is 1. The highest BCUT2D eigenvalue weighted by atomic mass is 32.2. The first-order valence-electron chi connectivity index (χ1n) is 6.64. The lowest BCUT2D eigenvalue weighted by Gasteiger charge is -2.06. The van der Waals surface area contributed by atoms with Crippen LogP contribution in [0.1, 0.15) is 23.6 Å². The molecule has 0 unspecified atom stereocenters. The van der Waals surface area contributed by atoms with Crippen LogP contribution in [0.5, 0.6) is 0 Å². The quantitative estimate of drug-likeness (QED) is 0.909. The largest absolute Gasteiger partial charge is 0.481 e. The van der Waals surface area contributed by atoms with Gasteiger partial charge in [-0.15, -0.1) is 0 Å². The van der Waals surface area contributed by atoms with Crippen LogP contribution in [0.15, 0.2) is 52.3 Å². The minimum absolute atomic E-state index is 0.126. The molecule has 2 rings (SSSR count). The van der Waals surface area contributed by atoms with E-state index >= 15 is 0 Å². The van der Waals surface area contributed by atoms with Crippen molar-refractivity contribution in [3.63, 3.8) is 0 Å². The Balaban J connectivity index is 2.20. The summed E-state index contributed by atoms with van der Waals surface area (Å²) < 4.78 is 0. The molecule has 2 aromatic rings. The maximum absolute atomic E-state index is 10.8. The molecule has 0 aliphatic carbocycles.